The Morgan fingerprint density at radius 2 is 1.80 bits per heavy atom. The van der Waals surface area contributed by atoms with Crippen LogP contribution < -0.4 is 0 Å². The molecule has 0 aromatic rings. The first-order valence-corrected chi connectivity index (χ1v) is 9.54. The molecule has 2 atom stereocenters. The Morgan fingerprint density at radius 3 is 2.40 bits per heavy atom. The number of amides is 2. The molecule has 1 saturated heterocycles. The molecule has 0 aromatic heterocycles. The average Bonchev–Trinajstić information content (AvgIpc) is 2.75. The highest BCUT2D eigenvalue weighted by Crippen LogP contribution is 2.47. The summed E-state index contributed by atoms with van der Waals surface area (Å²) in [6, 6.07) is -0.651. The summed E-state index contributed by atoms with van der Waals surface area (Å²) in [6.45, 7) is 0. The van der Waals surface area contributed by atoms with Crippen molar-refractivity contribution >= 4 is 15.9 Å². The van der Waals surface area contributed by atoms with Crippen LogP contribution in [0.3, 0.4) is 0 Å². The van der Waals surface area contributed by atoms with Gasteiger partial charge in [0, 0.05) is 14.1 Å². The monoisotopic (exact) mass is 374 g/mol. The second-order valence-electron chi connectivity index (χ2n) is 6.60. The van der Waals surface area contributed by atoms with Crippen molar-refractivity contribution in [1.29, 1.82) is 0 Å². The SMILES string of the molecule is CN1C(=O)N(C)C(O)C(C=C2C(O)OC3(CCCCC3)S2(=O)=O)=C1O. The molecular weight excluding hydrogens is 352 g/mol. The van der Waals surface area contributed by atoms with E-state index in [1.54, 1.807) is 0 Å². The average molecular weight is 374 g/mol. The maximum atomic E-state index is 13.0. The van der Waals surface area contributed by atoms with Crippen LogP contribution in [-0.2, 0) is 14.6 Å². The summed E-state index contributed by atoms with van der Waals surface area (Å²) < 4.78 is 31.3. The highest BCUT2D eigenvalue weighted by Gasteiger charge is 2.57. The maximum Gasteiger partial charge on any atom is 0.328 e. The van der Waals surface area contributed by atoms with E-state index in [1.807, 2.05) is 0 Å². The number of likely N-dealkylation sites (N-methyl/N-ethyl adjacent to an activating group) is 1. The first-order valence-electron chi connectivity index (χ1n) is 8.06. The topological polar surface area (TPSA) is 128 Å². The molecule has 0 radical (unpaired) electrons. The molecule has 2 fully saturated rings. The molecule has 0 bridgehead atoms. The summed E-state index contributed by atoms with van der Waals surface area (Å²) in [6.07, 6.45) is 0.614. The van der Waals surface area contributed by atoms with E-state index in [4.69, 9.17) is 4.74 Å². The maximum absolute atomic E-state index is 13.0. The molecule has 10 heteroatoms. The van der Waals surface area contributed by atoms with Crippen LogP contribution in [0.4, 0.5) is 4.79 Å². The van der Waals surface area contributed by atoms with Crippen molar-refractivity contribution < 1.29 is 33.3 Å². The predicted octanol–water partition coefficient (Wildman–Crippen LogP) is 0.379. The van der Waals surface area contributed by atoms with Crippen molar-refractivity contribution in [2.45, 2.75) is 49.6 Å². The van der Waals surface area contributed by atoms with Gasteiger partial charge >= 0.3 is 6.03 Å². The molecule has 140 valence electrons. The summed E-state index contributed by atoms with van der Waals surface area (Å²) in [5.41, 5.74) is -0.196. The molecule has 2 amide bonds. The van der Waals surface area contributed by atoms with Gasteiger partial charge in [0.05, 0.1) is 5.57 Å². The molecule has 3 aliphatic rings. The van der Waals surface area contributed by atoms with Crippen molar-refractivity contribution in [1.82, 2.24) is 9.80 Å². The molecule has 2 unspecified atom stereocenters. The minimum Gasteiger partial charge on any atom is -0.494 e. The van der Waals surface area contributed by atoms with Crippen LogP contribution in [0.25, 0.3) is 0 Å². The number of aliphatic hydroxyl groups is 3. The lowest BCUT2D eigenvalue weighted by Gasteiger charge is -2.35. The smallest absolute Gasteiger partial charge is 0.328 e. The third-order valence-electron chi connectivity index (χ3n) is 5.09. The van der Waals surface area contributed by atoms with Crippen LogP contribution in [-0.4, -0.2) is 71.1 Å². The Balaban J connectivity index is 2.07. The number of rotatable bonds is 1. The van der Waals surface area contributed by atoms with Crippen LogP contribution >= 0.6 is 0 Å². The zero-order chi connectivity index (χ0) is 18.6. The van der Waals surface area contributed by atoms with Crippen LogP contribution in [0.2, 0.25) is 0 Å². The van der Waals surface area contributed by atoms with E-state index in [1.165, 1.54) is 14.1 Å². The summed E-state index contributed by atoms with van der Waals surface area (Å²) in [5.74, 6) is -0.574. The highest BCUT2D eigenvalue weighted by atomic mass is 32.2. The predicted molar refractivity (Wildman–Crippen MR) is 86.5 cm³/mol. The number of sulfone groups is 1. The van der Waals surface area contributed by atoms with Crippen LogP contribution in [0.15, 0.2) is 22.4 Å². The molecule has 1 aliphatic carbocycles. The molecule has 0 aromatic carbocycles. The van der Waals surface area contributed by atoms with E-state index in [-0.39, 0.29) is 18.4 Å². The zero-order valence-electron chi connectivity index (χ0n) is 14.0. The standard InChI is InChI=1S/C15H22N2O7S/c1-16-11(18)9(12(19)17(2)14(16)21)8-10-13(20)24-15(25(10,22)23)6-4-3-5-7-15/h8,11,13,18-20H,3-7H2,1-2H3. The number of hydrogen-bond acceptors (Lipinski definition) is 7. The highest BCUT2D eigenvalue weighted by molar-refractivity contribution is 7.96. The van der Waals surface area contributed by atoms with Crippen molar-refractivity contribution in [3.63, 3.8) is 0 Å². The lowest BCUT2D eigenvalue weighted by molar-refractivity contribution is -0.123. The van der Waals surface area contributed by atoms with E-state index in [0.717, 1.165) is 22.3 Å². The van der Waals surface area contributed by atoms with Gasteiger partial charge in [-0.05, 0) is 31.8 Å². The van der Waals surface area contributed by atoms with Crippen LogP contribution in [0.1, 0.15) is 32.1 Å². The molecule has 2 heterocycles. The number of hydrogen-bond donors (Lipinski definition) is 3. The van der Waals surface area contributed by atoms with E-state index >= 15 is 0 Å². The van der Waals surface area contributed by atoms with E-state index < -0.39 is 44.1 Å². The molecule has 3 rings (SSSR count). The van der Waals surface area contributed by atoms with E-state index in [2.05, 4.69) is 0 Å². The van der Waals surface area contributed by atoms with Crippen molar-refractivity contribution in [3.8, 4) is 0 Å². The van der Waals surface area contributed by atoms with Gasteiger partial charge in [0.15, 0.2) is 17.5 Å². The molecule has 1 spiro atoms. The van der Waals surface area contributed by atoms with Gasteiger partial charge in [0.2, 0.25) is 15.7 Å². The number of nitrogens with zero attached hydrogens (tertiary/aromatic N) is 2. The minimum absolute atomic E-state index is 0.196. The summed E-state index contributed by atoms with van der Waals surface area (Å²) in [5, 5.41) is 30.5. The Labute approximate surface area is 145 Å². The molecule has 1 saturated carbocycles. The van der Waals surface area contributed by atoms with E-state index in [0.29, 0.717) is 12.8 Å². The summed E-state index contributed by atoms with van der Waals surface area (Å²) in [4.78, 5) is 11.8. The van der Waals surface area contributed by atoms with Gasteiger partial charge in [-0.3, -0.25) is 9.80 Å². The molecular formula is C15H22N2O7S. The largest absolute Gasteiger partial charge is 0.494 e. The second-order valence-corrected chi connectivity index (χ2v) is 8.82. The Kier molecular flexibility index (Phi) is 4.34. The third kappa shape index (κ3) is 2.55. The number of ether oxygens (including phenoxy) is 1. The van der Waals surface area contributed by atoms with Gasteiger partial charge in [-0.15, -0.1) is 0 Å². The molecule has 25 heavy (non-hydrogen) atoms. The fourth-order valence-electron chi connectivity index (χ4n) is 3.54. The number of urea groups is 1. The number of carbonyl (C=O) groups is 1. The molecule has 2 aliphatic heterocycles. The Bertz CT molecular complexity index is 752. The van der Waals surface area contributed by atoms with Gasteiger partial charge < -0.3 is 20.1 Å². The second kappa shape index (κ2) is 5.97. The zero-order valence-corrected chi connectivity index (χ0v) is 14.9. The van der Waals surface area contributed by atoms with Crippen molar-refractivity contribution in [2.24, 2.45) is 0 Å². The van der Waals surface area contributed by atoms with Crippen LogP contribution in [0, 0.1) is 0 Å². The van der Waals surface area contributed by atoms with Gasteiger partial charge in [0.1, 0.15) is 4.91 Å². The molecule has 9 nitrogen and oxygen atoms in total. The fraction of sp³-hybridized carbons (Fsp3) is 0.667. The van der Waals surface area contributed by atoms with Gasteiger partial charge in [-0.25, -0.2) is 13.2 Å². The lowest BCUT2D eigenvalue weighted by atomic mass is 9.97. The lowest BCUT2D eigenvalue weighted by Crippen LogP contribution is -2.50. The van der Waals surface area contributed by atoms with Gasteiger partial charge in [-0.1, -0.05) is 6.42 Å². The fourth-order valence-corrected chi connectivity index (χ4v) is 5.61. The van der Waals surface area contributed by atoms with E-state index in [9.17, 15) is 28.5 Å². The Morgan fingerprint density at radius 1 is 1.20 bits per heavy atom. The minimum atomic E-state index is -3.98. The first kappa shape index (κ1) is 18.2. The number of carbonyl (C=O) groups excluding carboxylic acids is 1. The first-order chi connectivity index (χ1) is 11.6. The summed E-state index contributed by atoms with van der Waals surface area (Å²) in [7, 11) is -1.38. The summed E-state index contributed by atoms with van der Waals surface area (Å²) >= 11 is 0. The normalized spacial score (nSPS) is 33.6. The van der Waals surface area contributed by atoms with Crippen LogP contribution in [0.5, 0.6) is 0 Å². The van der Waals surface area contributed by atoms with Crippen molar-refractivity contribution in [2.75, 3.05) is 14.1 Å². The quantitative estimate of drug-likeness (QED) is 0.605. The van der Waals surface area contributed by atoms with Gasteiger partial charge in [0.25, 0.3) is 0 Å². The van der Waals surface area contributed by atoms with Gasteiger partial charge in [-0.2, -0.15) is 0 Å². The number of aliphatic hydroxyl groups excluding tert-OH is 3. The van der Waals surface area contributed by atoms with Crippen molar-refractivity contribution in [3.05, 3.63) is 22.4 Å². The third-order valence-corrected chi connectivity index (χ3v) is 7.52. The molecule has 3 N–H and O–H groups in total. The Hall–Kier alpha value is -1.62.